The Kier molecular flexibility index (Phi) is 3.18. The highest BCUT2D eigenvalue weighted by Gasteiger charge is 2.27. The number of carboxylic acid groups (broad SMARTS) is 2. The van der Waals surface area contributed by atoms with Crippen LogP contribution in [0.5, 0.6) is 0 Å². The molecule has 0 saturated carbocycles. The predicted molar refractivity (Wildman–Crippen MR) is 55.7 cm³/mol. The topological polar surface area (TPSA) is 101 Å². The number of rotatable bonds is 3. The second-order valence-corrected chi connectivity index (χ2v) is 3.53. The summed E-state index contributed by atoms with van der Waals surface area (Å²) < 4.78 is 43.9. The van der Waals surface area contributed by atoms with Crippen LogP contribution < -0.4 is 0 Å². The minimum atomic E-state index is -1.81. The van der Waals surface area contributed by atoms with Gasteiger partial charge in [-0.15, -0.1) is 0 Å². The SMILES string of the molecule is O=C(O)c1nc(-c2ccc(F)c(F)c2F)oc1C(=O)O. The molecule has 20 heavy (non-hydrogen) atoms. The average Bonchev–Trinajstić information content (AvgIpc) is 2.81. The van der Waals surface area contributed by atoms with Gasteiger partial charge in [0, 0.05) is 0 Å². The van der Waals surface area contributed by atoms with Crippen molar-refractivity contribution in [1.82, 2.24) is 4.98 Å². The van der Waals surface area contributed by atoms with Crippen molar-refractivity contribution < 1.29 is 37.4 Å². The first kappa shape index (κ1) is 13.6. The third-order valence-corrected chi connectivity index (χ3v) is 2.29. The molecule has 104 valence electrons. The first-order valence-electron chi connectivity index (χ1n) is 4.94. The van der Waals surface area contributed by atoms with Crippen LogP contribution in [0.25, 0.3) is 11.5 Å². The van der Waals surface area contributed by atoms with E-state index in [1.54, 1.807) is 0 Å². The molecule has 0 amide bonds. The van der Waals surface area contributed by atoms with Crippen molar-refractivity contribution in [2.24, 2.45) is 0 Å². The van der Waals surface area contributed by atoms with Gasteiger partial charge in [0.2, 0.25) is 17.3 Å². The number of hydrogen-bond donors (Lipinski definition) is 2. The first-order chi connectivity index (χ1) is 9.32. The van der Waals surface area contributed by atoms with E-state index in [-0.39, 0.29) is 0 Å². The second-order valence-electron chi connectivity index (χ2n) is 3.53. The fourth-order valence-corrected chi connectivity index (χ4v) is 1.42. The minimum Gasteiger partial charge on any atom is -0.476 e. The van der Waals surface area contributed by atoms with E-state index < -0.39 is 52.3 Å². The maximum atomic E-state index is 13.5. The lowest BCUT2D eigenvalue weighted by Crippen LogP contribution is -2.05. The number of oxazole rings is 1. The Morgan fingerprint density at radius 2 is 1.70 bits per heavy atom. The average molecular weight is 287 g/mol. The summed E-state index contributed by atoms with van der Waals surface area (Å²) in [6, 6.07) is 1.32. The van der Waals surface area contributed by atoms with E-state index in [0.717, 1.165) is 6.07 Å². The largest absolute Gasteiger partial charge is 0.476 e. The summed E-state index contributed by atoms with van der Waals surface area (Å²) in [4.78, 5) is 24.8. The van der Waals surface area contributed by atoms with Crippen LogP contribution in [0.3, 0.4) is 0 Å². The number of aromatic nitrogens is 1. The van der Waals surface area contributed by atoms with Gasteiger partial charge in [0.1, 0.15) is 0 Å². The lowest BCUT2D eigenvalue weighted by atomic mass is 10.2. The number of benzene rings is 1. The molecule has 1 aromatic heterocycles. The smallest absolute Gasteiger partial charge is 0.374 e. The van der Waals surface area contributed by atoms with E-state index in [4.69, 9.17) is 10.2 Å². The number of nitrogens with zero attached hydrogens (tertiary/aromatic N) is 1. The molecule has 2 N–H and O–H groups in total. The molecule has 9 heteroatoms. The lowest BCUT2D eigenvalue weighted by Gasteiger charge is -1.99. The van der Waals surface area contributed by atoms with Crippen LogP contribution in [-0.2, 0) is 0 Å². The van der Waals surface area contributed by atoms with Crippen molar-refractivity contribution in [2.45, 2.75) is 0 Å². The van der Waals surface area contributed by atoms with Gasteiger partial charge in [0.25, 0.3) is 0 Å². The summed E-state index contributed by atoms with van der Waals surface area (Å²) >= 11 is 0. The van der Waals surface area contributed by atoms with Gasteiger partial charge in [-0.3, -0.25) is 0 Å². The summed E-state index contributed by atoms with van der Waals surface area (Å²) in [6.07, 6.45) is 0. The van der Waals surface area contributed by atoms with Crippen molar-refractivity contribution in [2.75, 3.05) is 0 Å². The van der Waals surface area contributed by atoms with Gasteiger partial charge >= 0.3 is 11.9 Å². The van der Waals surface area contributed by atoms with Crippen LogP contribution >= 0.6 is 0 Å². The highest BCUT2D eigenvalue weighted by Crippen LogP contribution is 2.27. The van der Waals surface area contributed by atoms with Crippen LogP contribution in [0.4, 0.5) is 13.2 Å². The van der Waals surface area contributed by atoms with E-state index in [1.165, 1.54) is 0 Å². The zero-order chi connectivity index (χ0) is 15.0. The van der Waals surface area contributed by atoms with Crippen molar-refractivity contribution in [3.05, 3.63) is 41.0 Å². The Balaban J connectivity index is 2.66. The fourth-order valence-electron chi connectivity index (χ4n) is 1.42. The standard InChI is InChI=1S/C11H4F3NO5/c12-4-2-1-3(5(13)6(4)14)9-15-7(10(16)17)8(20-9)11(18)19/h1-2H,(H,16,17)(H,18,19). The number of aromatic carboxylic acids is 2. The summed E-state index contributed by atoms with van der Waals surface area (Å²) in [5.41, 5.74) is -1.67. The van der Waals surface area contributed by atoms with Gasteiger partial charge in [0.15, 0.2) is 17.5 Å². The van der Waals surface area contributed by atoms with Crippen LogP contribution in [0.1, 0.15) is 21.0 Å². The van der Waals surface area contributed by atoms with Gasteiger partial charge < -0.3 is 14.6 Å². The van der Waals surface area contributed by atoms with E-state index >= 15 is 0 Å². The highest BCUT2D eigenvalue weighted by molar-refractivity contribution is 5.98. The number of halogens is 3. The molecule has 0 bridgehead atoms. The molecule has 0 unspecified atom stereocenters. The van der Waals surface area contributed by atoms with Gasteiger partial charge in [-0.1, -0.05) is 0 Å². The summed E-state index contributed by atoms with van der Waals surface area (Å²) in [5.74, 6) is -10.2. The van der Waals surface area contributed by atoms with Crippen molar-refractivity contribution in [1.29, 1.82) is 0 Å². The normalized spacial score (nSPS) is 10.6. The van der Waals surface area contributed by atoms with Crippen molar-refractivity contribution in [3.63, 3.8) is 0 Å². The van der Waals surface area contributed by atoms with Gasteiger partial charge in [0.05, 0.1) is 5.56 Å². The Morgan fingerprint density at radius 3 is 2.20 bits per heavy atom. The van der Waals surface area contributed by atoms with Crippen LogP contribution in [0.2, 0.25) is 0 Å². The van der Waals surface area contributed by atoms with E-state index in [1.807, 2.05) is 0 Å². The first-order valence-corrected chi connectivity index (χ1v) is 4.94. The maximum absolute atomic E-state index is 13.5. The van der Waals surface area contributed by atoms with Crippen LogP contribution in [0.15, 0.2) is 16.5 Å². The lowest BCUT2D eigenvalue weighted by molar-refractivity contribution is 0.0624. The second kappa shape index (κ2) is 4.68. The molecule has 2 rings (SSSR count). The molecule has 1 heterocycles. The molecular weight excluding hydrogens is 283 g/mol. The Hall–Kier alpha value is -2.84. The van der Waals surface area contributed by atoms with Gasteiger partial charge in [-0.05, 0) is 12.1 Å². The Labute approximate surface area is 108 Å². The molecule has 0 aliphatic heterocycles. The molecule has 0 fully saturated rings. The van der Waals surface area contributed by atoms with Gasteiger partial charge in [-0.2, -0.15) is 0 Å². The molecule has 2 aromatic rings. The summed E-state index contributed by atoms with van der Waals surface area (Å²) in [6.45, 7) is 0. The Morgan fingerprint density at radius 1 is 1.05 bits per heavy atom. The third-order valence-electron chi connectivity index (χ3n) is 2.29. The monoisotopic (exact) mass is 287 g/mol. The highest BCUT2D eigenvalue weighted by atomic mass is 19.2. The molecule has 0 spiro atoms. The van der Waals surface area contributed by atoms with E-state index in [9.17, 15) is 22.8 Å². The fraction of sp³-hybridized carbons (Fsp3) is 0. The minimum absolute atomic E-state index is 0.568. The van der Waals surface area contributed by atoms with Gasteiger partial charge in [-0.25, -0.2) is 27.7 Å². The molecule has 0 radical (unpaired) electrons. The van der Waals surface area contributed by atoms with Crippen molar-refractivity contribution in [3.8, 4) is 11.5 Å². The molecule has 0 aliphatic rings. The summed E-state index contributed by atoms with van der Waals surface area (Å²) in [7, 11) is 0. The Bertz CT molecular complexity index is 694. The van der Waals surface area contributed by atoms with E-state index in [2.05, 4.69) is 9.40 Å². The predicted octanol–water partition coefficient (Wildman–Crippen LogP) is 2.16. The molecule has 0 atom stereocenters. The maximum Gasteiger partial charge on any atom is 0.374 e. The third kappa shape index (κ3) is 2.09. The van der Waals surface area contributed by atoms with Crippen LogP contribution in [0, 0.1) is 17.5 Å². The molecular formula is C11H4F3NO5. The zero-order valence-electron chi connectivity index (χ0n) is 9.35. The summed E-state index contributed by atoms with van der Waals surface area (Å²) in [5, 5.41) is 17.4. The van der Waals surface area contributed by atoms with E-state index in [0.29, 0.717) is 6.07 Å². The zero-order valence-corrected chi connectivity index (χ0v) is 9.35. The molecule has 0 aliphatic carbocycles. The molecule has 1 aromatic carbocycles. The molecule has 6 nitrogen and oxygen atoms in total. The number of carboxylic acids is 2. The molecule has 0 saturated heterocycles. The van der Waals surface area contributed by atoms with Crippen LogP contribution in [-0.4, -0.2) is 27.1 Å². The quantitative estimate of drug-likeness (QED) is 0.839. The van der Waals surface area contributed by atoms with Crippen molar-refractivity contribution >= 4 is 11.9 Å². The number of hydrogen-bond acceptors (Lipinski definition) is 4. The number of carbonyl (C=O) groups is 2.